The van der Waals surface area contributed by atoms with Gasteiger partial charge in [0.2, 0.25) is 0 Å². The minimum absolute atomic E-state index is 0. The molecule has 4 N–H and O–H groups in total. The zero-order valence-corrected chi connectivity index (χ0v) is 41.2. The molecule has 4 aromatic rings. The number of nitrogens with one attached hydrogen (secondary N) is 1. The molecule has 0 atom stereocenters. The number of fused-ring (bicyclic) bond motifs is 1. The molecule has 2 aliphatic heterocycles. The number of nitrogens with zero attached hydrogens (tertiary/aromatic N) is 4. The maximum Gasteiger partial charge on any atom is 0.346 e. The summed E-state index contributed by atoms with van der Waals surface area (Å²) in [6.45, 7) is 14.4. The van der Waals surface area contributed by atoms with Crippen LogP contribution in [0.15, 0.2) is 57.1 Å². The van der Waals surface area contributed by atoms with Crippen LogP contribution >= 0.6 is 39.5 Å². The quantitative estimate of drug-likeness (QED) is 0.0297. The highest BCUT2D eigenvalue weighted by Crippen LogP contribution is 2.28. The first kappa shape index (κ1) is 56.1. The molecule has 2 aliphatic rings. The SMILES string of the molecule is CCOC(=O)CC(=O)CBr.CCOC(=O)CC(N)=S.CCOC(=O)Cc1csc(-c2cc3ccc(N4CCN(C)CC4)cc3oc2=O)n1.C[NH+]1CCN(c2ccc(C=O)c(O)c2)CC1.[Cl-]. The number of halogens is 2. The summed E-state index contributed by atoms with van der Waals surface area (Å²) in [5, 5.41) is 13.0. The van der Waals surface area contributed by atoms with Crippen molar-refractivity contribution in [2.45, 2.75) is 40.0 Å². The number of aldehydes is 1. The van der Waals surface area contributed by atoms with Gasteiger partial charge in [0.05, 0.1) is 93.0 Å². The van der Waals surface area contributed by atoms with Gasteiger partial charge in [-0.15, -0.1) is 11.3 Å². The Labute approximate surface area is 402 Å². The molecule has 0 spiro atoms. The number of carbonyl (C=O) groups excluding carboxylic acids is 5. The third kappa shape index (κ3) is 19.6. The zero-order chi connectivity index (χ0) is 47.2. The van der Waals surface area contributed by atoms with Crippen LogP contribution in [0.5, 0.6) is 5.75 Å². The number of ketones is 1. The summed E-state index contributed by atoms with van der Waals surface area (Å²) >= 11 is 8.72. The number of Topliss-reactive ketones (excluding diaryl/α,β-unsaturated/α-hetero) is 1. The number of alkyl halides is 1. The molecule has 0 saturated carbocycles. The Morgan fingerprint density at radius 1 is 0.892 bits per heavy atom. The van der Waals surface area contributed by atoms with Gasteiger partial charge in [-0.05, 0) is 58.2 Å². The number of anilines is 2. The van der Waals surface area contributed by atoms with E-state index >= 15 is 0 Å². The number of hydrogen-bond acceptors (Lipinski definition) is 17. The fourth-order valence-electron chi connectivity index (χ4n) is 6.13. The van der Waals surface area contributed by atoms with Gasteiger partial charge in [0, 0.05) is 60.5 Å². The molecule has 6 rings (SSSR count). The van der Waals surface area contributed by atoms with Gasteiger partial charge in [0.25, 0.3) is 0 Å². The standard InChI is InChI=1S/C21H23N3O4S.C12H16N2O2.C6H9BrO3.C5H9NO2S.ClH/c1-3-27-19(25)11-15-13-29-20(22-15)17-10-14-4-5-16(12-18(14)28-21(17)26)24-8-6-23(2)7-9-24;1-13-4-6-14(7-5-13)11-3-2-10(9-15)12(16)8-11;1-2-10-6(9)3-5(8)4-7;1-2-8-5(7)3-4(6)9;/h4-5,10,12-13H,3,6-9,11H2,1-2H3;2-3,8-9,16H,4-7H2,1H3;2-4H2,1H3;2-3H2,1H3,(H2,6,9);1H. The number of piperazine rings is 2. The first-order valence-electron chi connectivity index (χ1n) is 20.7. The highest BCUT2D eigenvalue weighted by molar-refractivity contribution is 9.09. The number of benzene rings is 2. The molecule has 0 unspecified atom stereocenters. The predicted octanol–water partition coefficient (Wildman–Crippen LogP) is 0.447. The van der Waals surface area contributed by atoms with Gasteiger partial charge >= 0.3 is 23.5 Å². The number of carbonyl (C=O) groups is 5. The van der Waals surface area contributed by atoms with Crippen molar-refractivity contribution >= 4 is 96.8 Å². The van der Waals surface area contributed by atoms with Crippen LogP contribution < -0.4 is 38.5 Å². The molecule has 17 nitrogen and oxygen atoms in total. The number of thiocarbonyl (C=S) groups is 1. The van der Waals surface area contributed by atoms with Crippen LogP contribution in [-0.4, -0.2) is 142 Å². The number of quaternary nitrogens is 1. The van der Waals surface area contributed by atoms with Crippen molar-refractivity contribution < 1.29 is 65.0 Å². The molecule has 356 valence electrons. The summed E-state index contributed by atoms with van der Waals surface area (Å²) in [5.74, 6) is -1.22. The van der Waals surface area contributed by atoms with Gasteiger partial charge < -0.3 is 61.5 Å². The molecule has 4 heterocycles. The van der Waals surface area contributed by atoms with Crippen molar-refractivity contribution in [1.82, 2.24) is 9.88 Å². The van der Waals surface area contributed by atoms with E-state index in [0.717, 1.165) is 69.1 Å². The van der Waals surface area contributed by atoms with Crippen LogP contribution in [0.4, 0.5) is 11.4 Å². The first-order valence-corrected chi connectivity index (χ1v) is 23.1. The fourth-order valence-corrected chi connectivity index (χ4v) is 7.27. The van der Waals surface area contributed by atoms with E-state index in [1.807, 2.05) is 24.3 Å². The van der Waals surface area contributed by atoms with Crippen LogP contribution in [-0.2, 0) is 39.8 Å². The third-order valence-corrected chi connectivity index (χ3v) is 11.2. The van der Waals surface area contributed by atoms with E-state index in [2.05, 4.69) is 77.5 Å². The molecule has 0 bridgehead atoms. The summed E-state index contributed by atoms with van der Waals surface area (Å²) < 4.78 is 19.6. The average molecular weight is 1030 g/mol. The van der Waals surface area contributed by atoms with E-state index in [1.54, 1.807) is 38.3 Å². The molecule has 65 heavy (non-hydrogen) atoms. The molecular formula is C44H58BrClN6O11S2. The predicted molar refractivity (Wildman–Crippen MR) is 254 cm³/mol. The second-order valence-corrected chi connectivity index (χ2v) is 16.4. The van der Waals surface area contributed by atoms with Crippen molar-refractivity contribution in [3.05, 3.63) is 69.5 Å². The Morgan fingerprint density at radius 3 is 2.03 bits per heavy atom. The van der Waals surface area contributed by atoms with E-state index in [9.17, 15) is 33.9 Å². The van der Waals surface area contributed by atoms with Crippen LogP contribution in [0.3, 0.4) is 0 Å². The number of phenolic OH excluding ortho intramolecular Hbond substituents is 1. The van der Waals surface area contributed by atoms with E-state index in [1.165, 1.54) is 16.2 Å². The van der Waals surface area contributed by atoms with Gasteiger partial charge in [0.15, 0.2) is 12.1 Å². The highest BCUT2D eigenvalue weighted by atomic mass is 79.9. The Morgan fingerprint density at radius 2 is 1.46 bits per heavy atom. The van der Waals surface area contributed by atoms with E-state index in [0.29, 0.717) is 53.5 Å². The lowest BCUT2D eigenvalue weighted by Gasteiger charge is -2.34. The third-order valence-electron chi connectivity index (χ3n) is 9.54. The van der Waals surface area contributed by atoms with Crippen molar-refractivity contribution in [1.29, 1.82) is 0 Å². The van der Waals surface area contributed by atoms with E-state index in [-0.39, 0.29) is 65.5 Å². The molecule has 0 amide bonds. The molecule has 2 aromatic heterocycles. The van der Waals surface area contributed by atoms with Gasteiger partial charge in [-0.2, -0.15) is 0 Å². The number of rotatable bonds is 14. The summed E-state index contributed by atoms with van der Waals surface area (Å²) in [6.07, 6.45) is 0.688. The maximum absolute atomic E-state index is 12.6. The van der Waals surface area contributed by atoms with Crippen molar-refractivity contribution in [3.63, 3.8) is 0 Å². The van der Waals surface area contributed by atoms with Gasteiger partial charge in [-0.3, -0.25) is 24.0 Å². The first-order chi connectivity index (χ1) is 30.6. The van der Waals surface area contributed by atoms with Crippen molar-refractivity contribution in [2.24, 2.45) is 5.73 Å². The number of phenols is 1. The second-order valence-electron chi connectivity index (χ2n) is 14.5. The molecular weight excluding hydrogens is 968 g/mol. The minimum atomic E-state index is -0.452. The molecule has 2 aromatic carbocycles. The molecule has 2 saturated heterocycles. The molecule has 2 fully saturated rings. The van der Waals surface area contributed by atoms with Gasteiger partial charge in [-0.1, -0.05) is 28.1 Å². The smallest absolute Gasteiger partial charge is 0.346 e. The Hall–Kier alpha value is -4.99. The second kappa shape index (κ2) is 29.5. The Balaban J connectivity index is 0.000000339. The van der Waals surface area contributed by atoms with Gasteiger partial charge in [-0.25, -0.2) is 9.78 Å². The number of thiazole rings is 1. The molecule has 0 radical (unpaired) electrons. The van der Waals surface area contributed by atoms with Crippen molar-refractivity contribution in [2.75, 3.05) is 101 Å². The summed E-state index contributed by atoms with van der Waals surface area (Å²) in [6, 6.07) is 13.0. The minimum Gasteiger partial charge on any atom is -1.00 e. The molecule has 0 aliphatic carbocycles. The average Bonchev–Trinajstić information content (AvgIpc) is 3.72. The normalized spacial score (nSPS) is 13.6. The monoisotopic (exact) mass is 1020 g/mol. The van der Waals surface area contributed by atoms with Crippen LogP contribution in [0, 0.1) is 0 Å². The topological polar surface area (TPSA) is 217 Å². The number of ether oxygens (including phenoxy) is 3. The fraction of sp³-hybridized carbons (Fsp3) is 0.455. The number of aromatic hydroxyl groups is 1. The zero-order valence-electron chi connectivity index (χ0n) is 37.3. The number of hydrogen-bond donors (Lipinski definition) is 3. The summed E-state index contributed by atoms with van der Waals surface area (Å²) in [7, 11) is 4.30. The lowest BCUT2D eigenvalue weighted by atomic mass is 10.1. The summed E-state index contributed by atoms with van der Waals surface area (Å²) in [5.41, 5.74) is 8.60. The van der Waals surface area contributed by atoms with E-state index in [4.69, 9.17) is 14.9 Å². The summed E-state index contributed by atoms with van der Waals surface area (Å²) in [4.78, 5) is 79.3. The molecule has 21 heteroatoms. The highest BCUT2D eigenvalue weighted by Gasteiger charge is 2.19. The lowest BCUT2D eigenvalue weighted by Crippen LogP contribution is -3.12. The van der Waals surface area contributed by atoms with Gasteiger partial charge in [0.1, 0.15) is 22.8 Å². The Bertz CT molecular complexity index is 2250. The van der Waals surface area contributed by atoms with Crippen LogP contribution in [0.1, 0.15) is 49.7 Å². The number of esters is 3. The number of aromatic nitrogens is 1. The van der Waals surface area contributed by atoms with Crippen LogP contribution in [0.25, 0.3) is 21.5 Å². The van der Waals surface area contributed by atoms with E-state index < -0.39 is 11.6 Å². The lowest BCUT2D eigenvalue weighted by molar-refractivity contribution is -0.880. The van der Waals surface area contributed by atoms with Crippen molar-refractivity contribution in [3.8, 4) is 16.3 Å². The largest absolute Gasteiger partial charge is 1.00 e. The number of likely N-dealkylation sites (N-methyl/N-ethyl adjacent to an activating group) is 2. The van der Waals surface area contributed by atoms with Crippen LogP contribution in [0.2, 0.25) is 0 Å². The maximum atomic E-state index is 12.6. The Kier molecular flexibility index (Phi) is 25.5. The number of nitrogens with two attached hydrogens (primary N) is 1.